The van der Waals surface area contributed by atoms with Crippen LogP contribution in [-0.2, 0) is 14.3 Å². The third-order valence-corrected chi connectivity index (χ3v) is 3.88. The van der Waals surface area contributed by atoms with Crippen molar-refractivity contribution in [3.63, 3.8) is 0 Å². The largest absolute Gasteiger partial charge is 0.480 e. The van der Waals surface area contributed by atoms with Crippen LogP contribution in [0.3, 0.4) is 0 Å². The summed E-state index contributed by atoms with van der Waals surface area (Å²) >= 11 is 17.5. The van der Waals surface area contributed by atoms with Gasteiger partial charge in [0.2, 0.25) is 5.91 Å². The Morgan fingerprint density at radius 1 is 1.24 bits per heavy atom. The molecule has 1 aliphatic heterocycles. The first kappa shape index (κ1) is 16.2. The van der Waals surface area contributed by atoms with Gasteiger partial charge in [0.05, 0.1) is 21.7 Å². The SMILES string of the molecule is O=C1C[C@H](COC(=O)COc2cc(Cl)c(Cl)cc2Cl)CN1. The molecule has 2 rings (SSSR count). The highest BCUT2D eigenvalue weighted by atomic mass is 35.5. The fraction of sp³-hybridized carbons (Fsp3) is 0.385. The highest BCUT2D eigenvalue weighted by Crippen LogP contribution is 2.33. The van der Waals surface area contributed by atoms with E-state index < -0.39 is 5.97 Å². The minimum Gasteiger partial charge on any atom is -0.480 e. The number of hydrogen-bond donors (Lipinski definition) is 1. The van der Waals surface area contributed by atoms with Crippen LogP contribution in [0.25, 0.3) is 0 Å². The Morgan fingerprint density at radius 3 is 2.62 bits per heavy atom. The lowest BCUT2D eigenvalue weighted by molar-refractivity contribution is -0.147. The average molecular weight is 353 g/mol. The molecule has 1 saturated heterocycles. The third kappa shape index (κ3) is 4.66. The predicted octanol–water partition coefficient (Wildman–Crippen LogP) is 2.70. The van der Waals surface area contributed by atoms with E-state index in [1.165, 1.54) is 12.1 Å². The lowest BCUT2D eigenvalue weighted by atomic mass is 10.1. The number of esters is 1. The molecule has 21 heavy (non-hydrogen) atoms. The number of carbonyl (C=O) groups is 2. The molecule has 0 saturated carbocycles. The number of nitrogens with one attached hydrogen (secondary N) is 1. The van der Waals surface area contributed by atoms with Crippen molar-refractivity contribution in [1.82, 2.24) is 5.32 Å². The first-order valence-electron chi connectivity index (χ1n) is 6.15. The summed E-state index contributed by atoms with van der Waals surface area (Å²) in [5.74, 6) is -0.317. The number of benzene rings is 1. The molecular weight excluding hydrogens is 341 g/mol. The summed E-state index contributed by atoms with van der Waals surface area (Å²) in [6, 6.07) is 2.86. The quantitative estimate of drug-likeness (QED) is 0.654. The molecule has 1 aromatic rings. The van der Waals surface area contributed by atoms with Gasteiger partial charge in [-0.3, -0.25) is 4.79 Å². The fourth-order valence-corrected chi connectivity index (χ4v) is 2.38. The molecule has 1 fully saturated rings. The summed E-state index contributed by atoms with van der Waals surface area (Å²) in [5.41, 5.74) is 0. The van der Waals surface area contributed by atoms with Gasteiger partial charge in [-0.2, -0.15) is 0 Å². The first-order chi connectivity index (χ1) is 9.95. The maximum absolute atomic E-state index is 11.6. The van der Waals surface area contributed by atoms with Crippen LogP contribution in [-0.4, -0.2) is 31.6 Å². The van der Waals surface area contributed by atoms with Crippen LogP contribution < -0.4 is 10.1 Å². The fourth-order valence-electron chi connectivity index (χ4n) is 1.79. The van der Waals surface area contributed by atoms with E-state index >= 15 is 0 Å². The van der Waals surface area contributed by atoms with Gasteiger partial charge in [-0.15, -0.1) is 0 Å². The van der Waals surface area contributed by atoms with Gasteiger partial charge in [0, 0.05) is 24.9 Å². The minimum absolute atomic E-state index is 0.00927. The Bertz CT molecular complexity index is 565. The first-order valence-corrected chi connectivity index (χ1v) is 7.28. The number of ether oxygens (including phenoxy) is 2. The van der Waals surface area contributed by atoms with E-state index in [4.69, 9.17) is 44.3 Å². The maximum Gasteiger partial charge on any atom is 0.344 e. The van der Waals surface area contributed by atoms with Crippen LogP contribution in [0.4, 0.5) is 0 Å². The molecule has 1 atom stereocenters. The van der Waals surface area contributed by atoms with E-state index in [0.717, 1.165) is 0 Å². The van der Waals surface area contributed by atoms with Gasteiger partial charge in [0.25, 0.3) is 0 Å². The van der Waals surface area contributed by atoms with Crippen molar-refractivity contribution >= 4 is 46.7 Å². The third-order valence-electron chi connectivity index (χ3n) is 2.86. The van der Waals surface area contributed by atoms with Crippen molar-refractivity contribution in [1.29, 1.82) is 0 Å². The maximum atomic E-state index is 11.6. The molecule has 0 aliphatic carbocycles. The minimum atomic E-state index is -0.545. The predicted molar refractivity (Wildman–Crippen MR) is 79.0 cm³/mol. The lowest BCUT2D eigenvalue weighted by Crippen LogP contribution is -2.21. The second-order valence-corrected chi connectivity index (χ2v) is 5.76. The number of hydrogen-bond acceptors (Lipinski definition) is 4. The topological polar surface area (TPSA) is 64.6 Å². The normalized spacial score (nSPS) is 17.5. The zero-order valence-corrected chi connectivity index (χ0v) is 13.1. The standard InChI is InChI=1S/C13H12Cl3NO4/c14-8-2-10(16)11(3-9(8)15)20-6-13(19)21-5-7-1-12(18)17-4-7/h2-3,7H,1,4-6H2,(H,17,18)/t7-/m0/s1. The molecule has 0 spiro atoms. The molecule has 1 N–H and O–H groups in total. The highest BCUT2D eigenvalue weighted by molar-refractivity contribution is 6.43. The van der Waals surface area contributed by atoms with Gasteiger partial charge in [0.15, 0.2) is 6.61 Å². The van der Waals surface area contributed by atoms with E-state index in [0.29, 0.717) is 18.0 Å². The van der Waals surface area contributed by atoms with Crippen LogP contribution in [0.1, 0.15) is 6.42 Å². The molecule has 0 aromatic heterocycles. The Kier molecular flexibility index (Phi) is 5.56. The Morgan fingerprint density at radius 2 is 1.95 bits per heavy atom. The summed E-state index contributed by atoms with van der Waals surface area (Å²) in [7, 11) is 0. The number of rotatable bonds is 5. The van der Waals surface area contributed by atoms with Crippen molar-refractivity contribution in [2.45, 2.75) is 6.42 Å². The van der Waals surface area contributed by atoms with E-state index in [-0.39, 0.29) is 40.8 Å². The van der Waals surface area contributed by atoms with E-state index in [2.05, 4.69) is 5.32 Å². The molecule has 1 heterocycles. The zero-order valence-electron chi connectivity index (χ0n) is 10.8. The highest BCUT2D eigenvalue weighted by Gasteiger charge is 2.22. The summed E-state index contributed by atoms with van der Waals surface area (Å²) in [6.07, 6.45) is 0.368. The van der Waals surface area contributed by atoms with Crippen LogP contribution in [0, 0.1) is 5.92 Å². The molecule has 8 heteroatoms. The second-order valence-electron chi connectivity index (χ2n) is 4.54. The Labute approximate surface area is 136 Å². The zero-order chi connectivity index (χ0) is 15.4. The van der Waals surface area contributed by atoms with Gasteiger partial charge < -0.3 is 14.8 Å². The molecule has 0 unspecified atom stereocenters. The molecular formula is C13H12Cl3NO4. The van der Waals surface area contributed by atoms with Gasteiger partial charge >= 0.3 is 5.97 Å². The molecule has 1 aliphatic rings. The summed E-state index contributed by atoms with van der Waals surface area (Å²) in [6.45, 7) is 0.396. The Balaban J connectivity index is 1.78. The molecule has 1 amide bonds. The summed E-state index contributed by atoms with van der Waals surface area (Å²) in [4.78, 5) is 22.6. The molecule has 0 radical (unpaired) electrons. The van der Waals surface area contributed by atoms with Crippen molar-refractivity contribution in [3.8, 4) is 5.75 Å². The molecule has 0 bridgehead atoms. The lowest BCUT2D eigenvalue weighted by Gasteiger charge is -2.11. The smallest absolute Gasteiger partial charge is 0.344 e. The van der Waals surface area contributed by atoms with E-state index in [1.807, 2.05) is 0 Å². The van der Waals surface area contributed by atoms with Gasteiger partial charge in [-0.05, 0) is 6.07 Å². The van der Waals surface area contributed by atoms with Gasteiger partial charge in [-0.1, -0.05) is 34.8 Å². The monoisotopic (exact) mass is 351 g/mol. The van der Waals surface area contributed by atoms with Crippen LogP contribution >= 0.6 is 34.8 Å². The number of halogens is 3. The van der Waals surface area contributed by atoms with Crippen molar-refractivity contribution in [3.05, 3.63) is 27.2 Å². The Hall–Kier alpha value is -1.17. The van der Waals surface area contributed by atoms with Gasteiger partial charge in [0.1, 0.15) is 5.75 Å². The summed E-state index contributed by atoms with van der Waals surface area (Å²) < 4.78 is 10.3. The second kappa shape index (κ2) is 7.20. The van der Waals surface area contributed by atoms with E-state index in [9.17, 15) is 9.59 Å². The van der Waals surface area contributed by atoms with Crippen LogP contribution in [0.5, 0.6) is 5.75 Å². The number of amides is 1. The van der Waals surface area contributed by atoms with Crippen LogP contribution in [0.15, 0.2) is 12.1 Å². The van der Waals surface area contributed by atoms with Crippen LogP contribution in [0.2, 0.25) is 15.1 Å². The summed E-state index contributed by atoms with van der Waals surface area (Å²) in [5, 5.41) is 3.50. The van der Waals surface area contributed by atoms with E-state index in [1.54, 1.807) is 0 Å². The molecule has 5 nitrogen and oxygen atoms in total. The number of carbonyl (C=O) groups excluding carboxylic acids is 2. The van der Waals surface area contributed by atoms with Crippen molar-refractivity contribution in [2.24, 2.45) is 5.92 Å². The van der Waals surface area contributed by atoms with Gasteiger partial charge in [-0.25, -0.2) is 4.79 Å². The van der Waals surface area contributed by atoms with Crippen molar-refractivity contribution in [2.75, 3.05) is 19.8 Å². The molecule has 1 aromatic carbocycles. The molecule has 114 valence electrons. The average Bonchev–Trinajstić information content (AvgIpc) is 2.85. The van der Waals surface area contributed by atoms with Crippen molar-refractivity contribution < 1.29 is 19.1 Å².